The van der Waals surface area contributed by atoms with Crippen molar-refractivity contribution in [2.75, 3.05) is 61.8 Å². The Kier molecular flexibility index (Phi) is 23.8. The van der Waals surface area contributed by atoms with E-state index in [4.69, 9.17) is 31.2 Å². The zero-order valence-electron chi connectivity index (χ0n) is 38.5. The summed E-state index contributed by atoms with van der Waals surface area (Å²) in [5, 5.41) is 33.7. The van der Waals surface area contributed by atoms with Crippen LogP contribution in [0.4, 0.5) is 0 Å². The largest absolute Gasteiger partial charge is 0.480 e. The van der Waals surface area contributed by atoms with Crippen LogP contribution in [0.25, 0.3) is 21.8 Å². The molecule has 2 heterocycles. The molecule has 0 saturated heterocycles. The molecule has 12 N–H and O–H groups in total. The minimum Gasteiger partial charge on any atom is -0.480 e. The predicted molar refractivity (Wildman–Crippen MR) is 271 cm³/mol. The number of pyridine rings is 2. The maximum absolute atomic E-state index is 13.2. The van der Waals surface area contributed by atoms with Crippen LogP contribution in [0.5, 0.6) is 0 Å². The molecule has 24 nitrogen and oxygen atoms in total. The second kappa shape index (κ2) is 29.6. The number of hydrogen-bond donors (Lipinski definition) is 10. The molecular formula is C44H52N10O14S4. The number of esters is 2. The number of carboxylic acid groups (broad SMARTS) is 2. The van der Waals surface area contributed by atoms with Crippen LogP contribution in [0.15, 0.2) is 72.8 Å². The number of thioether (sulfide) groups is 2. The van der Waals surface area contributed by atoms with Crippen LogP contribution in [0, 0.1) is 0 Å². The summed E-state index contributed by atoms with van der Waals surface area (Å²) in [6.45, 7) is -3.06. The van der Waals surface area contributed by atoms with E-state index in [-0.39, 0.29) is 34.4 Å². The summed E-state index contributed by atoms with van der Waals surface area (Å²) in [7, 11) is 2.16. The highest BCUT2D eigenvalue weighted by atomic mass is 33.1. The average molecular weight is 1070 g/mol. The fourth-order valence-electron chi connectivity index (χ4n) is 5.94. The van der Waals surface area contributed by atoms with E-state index in [1.807, 2.05) is 0 Å². The summed E-state index contributed by atoms with van der Waals surface area (Å²) in [5.41, 5.74) is 13.1. The molecule has 28 heteroatoms. The van der Waals surface area contributed by atoms with Crippen molar-refractivity contribution in [1.29, 1.82) is 0 Å². The Morgan fingerprint density at radius 1 is 0.514 bits per heavy atom. The van der Waals surface area contributed by atoms with E-state index in [0.29, 0.717) is 11.0 Å². The van der Waals surface area contributed by atoms with Gasteiger partial charge < -0.3 is 63.1 Å². The van der Waals surface area contributed by atoms with Gasteiger partial charge in [-0.1, -0.05) is 70.1 Å². The van der Waals surface area contributed by atoms with Gasteiger partial charge in [-0.15, -0.1) is 0 Å². The molecule has 0 unspecified atom stereocenters. The number of carboxylic acids is 2. The molecule has 6 amide bonds. The third-order valence-electron chi connectivity index (χ3n) is 9.64. The van der Waals surface area contributed by atoms with E-state index in [9.17, 15) is 47.9 Å². The Hall–Kier alpha value is -6.72. The minimum atomic E-state index is -1.55. The Morgan fingerprint density at radius 3 is 1.25 bits per heavy atom. The maximum atomic E-state index is 13.2. The second-order valence-corrected chi connectivity index (χ2v) is 19.5. The number of aliphatic carboxylic acids is 2. The van der Waals surface area contributed by atoms with E-state index in [1.54, 1.807) is 73.2 Å². The highest BCUT2D eigenvalue weighted by molar-refractivity contribution is 8.76. The van der Waals surface area contributed by atoms with E-state index >= 15 is 0 Å². The Bertz CT molecular complexity index is 2440. The first kappa shape index (κ1) is 57.9. The quantitative estimate of drug-likeness (QED) is 0.0175. The SMILES string of the molecule is CSC[C@@H](NC(=O)[C@H](N)CSSC[C@@H](N)C(=O)N[C@H](CSC)C(=O)OC[C@H](NC(=O)c1ccc2ccccc2n1)C(=O)NCC(=O)O)C(=O)OC[C@H](NC(=O)c1ccc2ccccc2n1)C(=O)NCC(=O)O. The van der Waals surface area contributed by atoms with E-state index in [2.05, 4.69) is 41.9 Å². The predicted octanol–water partition coefficient (Wildman–Crippen LogP) is -1.10. The van der Waals surface area contributed by atoms with Gasteiger partial charge in [-0.3, -0.25) is 38.4 Å². The maximum Gasteiger partial charge on any atom is 0.329 e. The minimum absolute atomic E-state index is 0.0144. The van der Waals surface area contributed by atoms with Crippen LogP contribution in [0.2, 0.25) is 0 Å². The van der Waals surface area contributed by atoms with Gasteiger partial charge >= 0.3 is 23.9 Å². The molecule has 386 valence electrons. The molecular weight excluding hydrogens is 1020 g/mol. The lowest BCUT2D eigenvalue weighted by molar-refractivity contribution is -0.149. The first-order valence-corrected chi connectivity index (χ1v) is 26.7. The van der Waals surface area contributed by atoms with Crippen LogP contribution in [-0.4, -0.2) is 178 Å². The number of nitrogens with two attached hydrogens (primary N) is 2. The Morgan fingerprint density at radius 2 is 0.889 bits per heavy atom. The summed E-state index contributed by atoms with van der Waals surface area (Å²) < 4.78 is 10.7. The summed E-state index contributed by atoms with van der Waals surface area (Å²) in [4.78, 5) is 135. The van der Waals surface area contributed by atoms with Gasteiger partial charge in [-0.25, -0.2) is 19.6 Å². The van der Waals surface area contributed by atoms with Crippen molar-refractivity contribution >= 4 is 126 Å². The Balaban J connectivity index is 1.25. The van der Waals surface area contributed by atoms with Crippen molar-refractivity contribution < 1.29 is 67.6 Å². The summed E-state index contributed by atoms with van der Waals surface area (Å²) >= 11 is 2.35. The number of ether oxygens (including phenoxy) is 2. The van der Waals surface area contributed by atoms with Gasteiger partial charge in [0, 0.05) is 33.8 Å². The zero-order valence-corrected chi connectivity index (χ0v) is 41.8. The Labute approximate surface area is 427 Å². The number of rotatable bonds is 29. The molecule has 0 spiro atoms. The van der Waals surface area contributed by atoms with Crippen molar-refractivity contribution in [3.05, 3.63) is 84.2 Å². The number of para-hydroxylation sites is 2. The summed E-state index contributed by atoms with van der Waals surface area (Å²) in [6, 6.07) is 12.1. The number of fused-ring (bicyclic) bond motifs is 2. The number of carbonyl (C=O) groups is 10. The normalized spacial score (nSPS) is 13.4. The number of amides is 6. The number of carbonyl (C=O) groups excluding carboxylic acids is 8. The van der Waals surface area contributed by atoms with Crippen LogP contribution in [0.1, 0.15) is 21.0 Å². The molecule has 4 rings (SSSR count). The zero-order chi connectivity index (χ0) is 52.7. The average Bonchev–Trinajstić information content (AvgIpc) is 3.37. The molecule has 0 aliphatic heterocycles. The number of nitrogens with one attached hydrogen (secondary N) is 6. The van der Waals surface area contributed by atoms with Crippen molar-refractivity contribution in [2.24, 2.45) is 11.5 Å². The monoisotopic (exact) mass is 1070 g/mol. The third-order valence-corrected chi connectivity index (χ3v) is 13.4. The molecule has 72 heavy (non-hydrogen) atoms. The van der Waals surface area contributed by atoms with Crippen LogP contribution in [0.3, 0.4) is 0 Å². The van der Waals surface area contributed by atoms with Crippen molar-refractivity contribution in [2.45, 2.75) is 36.3 Å². The van der Waals surface area contributed by atoms with E-state index in [0.717, 1.165) is 32.4 Å². The van der Waals surface area contributed by atoms with Crippen LogP contribution < -0.4 is 43.4 Å². The fraction of sp³-hybridized carbons (Fsp3) is 0.364. The standard InChI is InChI=1S/C44H52N10O14S4/c1-69-21-33(43(65)67-17-31(39(61)47-15-35(55)56)51-41(63)29-13-11-23-7-3-5-9-27(23)49-29)53-37(59)25(45)19-71-72-20-26(46)38(60)54-34(22-70-2)44(66)68-18-32(40(62)48-16-36(57)58)52-42(64)30-14-12-24-8-4-6-10-28(24)50-30/h3-14,25-26,31-34H,15-22,45-46H2,1-2H3,(H,47,61)(H,48,62)(H,51,63)(H,52,64)(H,53,59)(H,54,60)(H,55,56)(H,57,58)/t25-,26-,31+,32+,33-,34-/m1/s1. The van der Waals surface area contributed by atoms with Crippen molar-refractivity contribution in [3.63, 3.8) is 0 Å². The topological polar surface area (TPSA) is 380 Å². The molecule has 0 saturated carbocycles. The van der Waals surface area contributed by atoms with E-state index in [1.165, 1.54) is 35.7 Å². The molecule has 0 aliphatic rings. The molecule has 2 aromatic heterocycles. The lowest BCUT2D eigenvalue weighted by Gasteiger charge is -2.22. The number of benzene rings is 2. The van der Waals surface area contributed by atoms with Crippen molar-refractivity contribution in [3.8, 4) is 0 Å². The highest BCUT2D eigenvalue weighted by Crippen LogP contribution is 2.22. The van der Waals surface area contributed by atoms with Gasteiger partial charge in [0.05, 0.1) is 23.1 Å². The third kappa shape index (κ3) is 18.8. The number of nitrogens with zero attached hydrogens (tertiary/aromatic N) is 2. The molecule has 0 aliphatic carbocycles. The molecule has 0 radical (unpaired) electrons. The van der Waals surface area contributed by atoms with Gasteiger partial charge in [0.2, 0.25) is 23.6 Å². The van der Waals surface area contributed by atoms with Gasteiger partial charge in [0.1, 0.15) is 61.9 Å². The number of hydrogen-bond acceptors (Lipinski definition) is 20. The fourth-order valence-corrected chi connectivity index (χ4v) is 9.29. The molecule has 2 aromatic carbocycles. The van der Waals surface area contributed by atoms with Crippen molar-refractivity contribution in [1.82, 2.24) is 41.9 Å². The van der Waals surface area contributed by atoms with Crippen LogP contribution in [-0.2, 0) is 47.8 Å². The summed E-state index contributed by atoms with van der Waals surface area (Å²) in [6.07, 6.45) is 3.31. The summed E-state index contributed by atoms with van der Waals surface area (Å²) in [5.74, 6) is -9.77. The number of aromatic nitrogens is 2. The van der Waals surface area contributed by atoms with Crippen LogP contribution >= 0.6 is 45.1 Å². The first-order valence-electron chi connectivity index (χ1n) is 21.4. The lowest BCUT2D eigenvalue weighted by atomic mass is 10.2. The van der Waals surface area contributed by atoms with E-state index < -0.39 is 122 Å². The molecule has 4 aromatic rings. The smallest absolute Gasteiger partial charge is 0.329 e. The first-order chi connectivity index (χ1) is 34.4. The molecule has 0 fully saturated rings. The second-order valence-electron chi connectivity index (χ2n) is 15.1. The van der Waals surface area contributed by atoms with Gasteiger partial charge in [-0.05, 0) is 36.8 Å². The van der Waals surface area contributed by atoms with Gasteiger partial charge in [0.15, 0.2) is 0 Å². The van der Waals surface area contributed by atoms with Gasteiger partial charge in [-0.2, -0.15) is 23.5 Å². The molecule has 6 atom stereocenters. The molecule has 0 bridgehead atoms. The van der Waals surface area contributed by atoms with Gasteiger partial charge in [0.25, 0.3) is 11.8 Å². The highest BCUT2D eigenvalue weighted by Gasteiger charge is 2.31. The lowest BCUT2D eigenvalue weighted by Crippen LogP contribution is -2.53.